The van der Waals surface area contributed by atoms with Crippen LogP contribution in [0.3, 0.4) is 0 Å². The molecule has 2 atom stereocenters. The maximum absolute atomic E-state index is 12.7. The Labute approximate surface area is 169 Å². The van der Waals surface area contributed by atoms with Crippen LogP contribution >= 0.6 is 0 Å². The van der Waals surface area contributed by atoms with Gasteiger partial charge in [0.2, 0.25) is 10.0 Å². The molecule has 0 aliphatic heterocycles. The van der Waals surface area contributed by atoms with Crippen LogP contribution in [0.2, 0.25) is 0 Å². The van der Waals surface area contributed by atoms with Gasteiger partial charge in [-0.25, -0.2) is 17.9 Å². The lowest BCUT2D eigenvalue weighted by Crippen LogP contribution is -2.47. The number of aryl methyl sites for hydroxylation is 1. The molecule has 1 saturated carbocycles. The Morgan fingerprint density at radius 1 is 1.10 bits per heavy atom. The van der Waals surface area contributed by atoms with Crippen molar-refractivity contribution in [1.82, 2.24) is 4.72 Å². The van der Waals surface area contributed by atoms with Crippen LogP contribution < -0.4 is 4.72 Å². The van der Waals surface area contributed by atoms with E-state index >= 15 is 0 Å². The minimum atomic E-state index is -3.78. The smallest absolute Gasteiger partial charge is 0.345 e. The molecule has 0 spiro atoms. The summed E-state index contributed by atoms with van der Waals surface area (Å²) in [6, 6.07) is 11.4. The molecule has 0 heterocycles. The molecule has 0 aromatic heterocycles. The summed E-state index contributed by atoms with van der Waals surface area (Å²) in [5, 5.41) is 11.2. The van der Waals surface area contributed by atoms with Crippen molar-refractivity contribution in [2.24, 2.45) is 0 Å². The largest absolute Gasteiger partial charge is 0.457 e. The Bertz CT molecular complexity index is 1000. The third-order valence-electron chi connectivity index (χ3n) is 4.92. The van der Waals surface area contributed by atoms with Gasteiger partial charge in [-0.15, -0.1) is 0 Å². The van der Waals surface area contributed by atoms with Gasteiger partial charge >= 0.3 is 5.97 Å². The molecular weight excluding hydrogens is 396 g/mol. The van der Waals surface area contributed by atoms with Crippen molar-refractivity contribution < 1.29 is 22.9 Å². The monoisotopic (exact) mass is 418 g/mol. The quantitative estimate of drug-likeness (QED) is 0.437. The van der Waals surface area contributed by atoms with Crippen LogP contribution in [-0.4, -0.2) is 31.5 Å². The molecular formula is C20H22N2O6S. The van der Waals surface area contributed by atoms with Crippen LogP contribution in [0.4, 0.5) is 5.69 Å². The van der Waals surface area contributed by atoms with Gasteiger partial charge < -0.3 is 4.74 Å². The first-order valence-corrected chi connectivity index (χ1v) is 10.8. The van der Waals surface area contributed by atoms with Crippen molar-refractivity contribution in [3.63, 3.8) is 0 Å². The van der Waals surface area contributed by atoms with Crippen molar-refractivity contribution >= 4 is 21.7 Å². The van der Waals surface area contributed by atoms with Gasteiger partial charge in [0.05, 0.1) is 15.9 Å². The van der Waals surface area contributed by atoms with Crippen LogP contribution in [0.15, 0.2) is 53.4 Å². The number of sulfonamides is 1. The molecule has 2 aromatic rings. The highest BCUT2D eigenvalue weighted by Crippen LogP contribution is 2.26. The van der Waals surface area contributed by atoms with Gasteiger partial charge in [0.15, 0.2) is 0 Å². The third-order valence-corrected chi connectivity index (χ3v) is 6.43. The predicted molar refractivity (Wildman–Crippen MR) is 106 cm³/mol. The zero-order valence-electron chi connectivity index (χ0n) is 15.9. The SMILES string of the molecule is Cc1ccc(S(=O)(=O)N[C@@H]2CCCC[C@H]2OC(=O)c2ccccc2[N+](=O)[O-])cc1. The number of benzene rings is 2. The molecule has 1 fully saturated rings. The lowest BCUT2D eigenvalue weighted by Gasteiger charge is -2.31. The second kappa shape index (κ2) is 8.71. The molecule has 3 rings (SSSR count). The molecule has 1 aliphatic rings. The Morgan fingerprint density at radius 3 is 2.45 bits per heavy atom. The fourth-order valence-electron chi connectivity index (χ4n) is 3.36. The number of rotatable bonds is 6. The first-order valence-electron chi connectivity index (χ1n) is 9.31. The topological polar surface area (TPSA) is 116 Å². The van der Waals surface area contributed by atoms with E-state index in [1.165, 1.54) is 36.4 Å². The molecule has 1 N–H and O–H groups in total. The summed E-state index contributed by atoms with van der Waals surface area (Å²) < 4.78 is 33.6. The van der Waals surface area contributed by atoms with E-state index in [1.54, 1.807) is 12.1 Å². The Kier molecular flexibility index (Phi) is 6.29. The number of esters is 1. The van der Waals surface area contributed by atoms with E-state index in [0.29, 0.717) is 12.8 Å². The number of nitrogens with zero attached hydrogens (tertiary/aromatic N) is 1. The molecule has 2 aromatic carbocycles. The Hall–Kier alpha value is -2.78. The van der Waals surface area contributed by atoms with E-state index < -0.39 is 33.1 Å². The zero-order chi connectivity index (χ0) is 21.0. The molecule has 1 aliphatic carbocycles. The minimum absolute atomic E-state index is 0.137. The van der Waals surface area contributed by atoms with Gasteiger partial charge in [0.1, 0.15) is 11.7 Å². The lowest BCUT2D eigenvalue weighted by atomic mass is 9.93. The highest BCUT2D eigenvalue weighted by Gasteiger charge is 2.33. The number of hydrogen-bond donors (Lipinski definition) is 1. The standard InChI is InChI=1S/C20H22N2O6S/c1-14-10-12-15(13-11-14)29(26,27)21-17-7-3-5-9-19(17)28-20(23)16-6-2-4-8-18(16)22(24)25/h2,4,6,8,10-13,17,19,21H,3,5,7,9H2,1H3/t17-,19-/m1/s1. The average Bonchev–Trinajstić information content (AvgIpc) is 2.69. The van der Waals surface area contributed by atoms with Crippen LogP contribution in [-0.2, 0) is 14.8 Å². The second-order valence-electron chi connectivity index (χ2n) is 7.04. The number of nitro groups is 1. The van der Waals surface area contributed by atoms with E-state index in [-0.39, 0.29) is 16.1 Å². The summed E-state index contributed by atoms with van der Waals surface area (Å²) >= 11 is 0. The number of carbonyl (C=O) groups is 1. The molecule has 0 bridgehead atoms. The minimum Gasteiger partial charge on any atom is -0.457 e. The summed E-state index contributed by atoms with van der Waals surface area (Å²) in [4.78, 5) is 23.2. The van der Waals surface area contributed by atoms with Gasteiger partial charge in [-0.1, -0.05) is 36.2 Å². The number of nitro benzene ring substituents is 1. The van der Waals surface area contributed by atoms with Gasteiger partial charge in [0.25, 0.3) is 5.69 Å². The van der Waals surface area contributed by atoms with Crippen molar-refractivity contribution in [2.45, 2.75) is 49.6 Å². The Morgan fingerprint density at radius 2 is 1.76 bits per heavy atom. The van der Waals surface area contributed by atoms with Gasteiger partial charge in [-0.05, 0) is 44.4 Å². The first-order chi connectivity index (χ1) is 13.8. The number of hydrogen-bond acceptors (Lipinski definition) is 6. The zero-order valence-corrected chi connectivity index (χ0v) is 16.7. The summed E-state index contributed by atoms with van der Waals surface area (Å²) in [5.74, 6) is -0.830. The highest BCUT2D eigenvalue weighted by molar-refractivity contribution is 7.89. The van der Waals surface area contributed by atoms with E-state index in [9.17, 15) is 23.3 Å². The average molecular weight is 418 g/mol. The summed E-state index contributed by atoms with van der Waals surface area (Å²) in [6.45, 7) is 1.86. The number of ether oxygens (including phenoxy) is 1. The maximum Gasteiger partial charge on any atom is 0.345 e. The first kappa shape index (κ1) is 20.9. The van der Waals surface area contributed by atoms with Gasteiger partial charge in [0, 0.05) is 6.07 Å². The molecule has 0 radical (unpaired) electrons. The van der Waals surface area contributed by atoms with Crippen molar-refractivity contribution in [3.8, 4) is 0 Å². The molecule has 29 heavy (non-hydrogen) atoms. The van der Waals surface area contributed by atoms with Crippen molar-refractivity contribution in [3.05, 3.63) is 69.8 Å². The highest BCUT2D eigenvalue weighted by atomic mass is 32.2. The molecule has 8 nitrogen and oxygen atoms in total. The molecule has 0 unspecified atom stereocenters. The maximum atomic E-state index is 12.7. The van der Waals surface area contributed by atoms with E-state index in [1.807, 2.05) is 6.92 Å². The van der Waals surface area contributed by atoms with E-state index in [4.69, 9.17) is 4.74 Å². The van der Waals surface area contributed by atoms with Gasteiger partial charge in [-0.2, -0.15) is 0 Å². The summed E-state index contributed by atoms with van der Waals surface area (Å²) in [7, 11) is -3.78. The van der Waals surface area contributed by atoms with Crippen molar-refractivity contribution in [2.75, 3.05) is 0 Å². The predicted octanol–water partition coefficient (Wildman–Crippen LogP) is 3.35. The normalized spacial score (nSPS) is 19.5. The number of carbonyl (C=O) groups excluding carboxylic acids is 1. The lowest BCUT2D eigenvalue weighted by molar-refractivity contribution is -0.385. The fourth-order valence-corrected chi connectivity index (χ4v) is 4.66. The third kappa shape index (κ3) is 4.99. The second-order valence-corrected chi connectivity index (χ2v) is 8.76. The summed E-state index contributed by atoms with van der Waals surface area (Å²) in [6.07, 6.45) is 1.86. The van der Waals surface area contributed by atoms with E-state index in [2.05, 4.69) is 4.72 Å². The van der Waals surface area contributed by atoms with Gasteiger partial charge in [-0.3, -0.25) is 10.1 Å². The molecule has 0 amide bonds. The number of para-hydroxylation sites is 1. The number of nitrogens with one attached hydrogen (secondary N) is 1. The van der Waals surface area contributed by atoms with Crippen LogP contribution in [0.1, 0.15) is 41.6 Å². The van der Waals surface area contributed by atoms with Crippen LogP contribution in [0, 0.1) is 17.0 Å². The molecule has 0 saturated heterocycles. The molecule has 9 heteroatoms. The fraction of sp³-hybridized carbons (Fsp3) is 0.350. The van der Waals surface area contributed by atoms with Crippen molar-refractivity contribution in [1.29, 1.82) is 0 Å². The Balaban J connectivity index is 1.77. The molecule has 154 valence electrons. The van der Waals surface area contributed by atoms with E-state index in [0.717, 1.165) is 18.4 Å². The van der Waals surface area contributed by atoms with Crippen LogP contribution in [0.25, 0.3) is 0 Å². The van der Waals surface area contributed by atoms with Crippen LogP contribution in [0.5, 0.6) is 0 Å². The summed E-state index contributed by atoms with van der Waals surface area (Å²) in [5.41, 5.74) is 0.450.